The molecule has 0 spiro atoms. The molecule has 0 saturated carbocycles. The standard InChI is InChI=1S/C26H25N3O7S/c1-6-36-25(31)22-15(3)27-26-28(23(22)16-8-7-14(2)19(12-16)29(32)33)24(30)21(37-26)13-17-11-18(34-4)9-10-20(17)35-5/h7-13,23H,6H2,1-5H3/b21-13+/t23-/m0/s1. The largest absolute Gasteiger partial charge is 0.497 e. The smallest absolute Gasteiger partial charge is 0.338 e. The van der Waals surface area contributed by atoms with Crippen LogP contribution >= 0.6 is 11.3 Å². The fourth-order valence-electron chi connectivity index (χ4n) is 4.19. The number of thiazole rings is 1. The highest BCUT2D eigenvalue weighted by molar-refractivity contribution is 7.07. The zero-order chi connectivity index (χ0) is 26.9. The van der Waals surface area contributed by atoms with E-state index in [0.717, 1.165) is 11.3 Å². The van der Waals surface area contributed by atoms with Crippen LogP contribution in [0, 0.1) is 17.0 Å². The van der Waals surface area contributed by atoms with Crippen molar-refractivity contribution in [2.75, 3.05) is 20.8 Å². The summed E-state index contributed by atoms with van der Waals surface area (Å²) in [5.74, 6) is 0.492. The van der Waals surface area contributed by atoms with Gasteiger partial charge in [0.25, 0.3) is 11.2 Å². The number of hydrogen-bond acceptors (Lipinski definition) is 9. The number of benzene rings is 2. The van der Waals surface area contributed by atoms with Crippen molar-refractivity contribution in [1.29, 1.82) is 0 Å². The van der Waals surface area contributed by atoms with E-state index in [0.29, 0.717) is 43.2 Å². The number of aryl methyl sites for hydroxylation is 1. The molecule has 192 valence electrons. The van der Waals surface area contributed by atoms with Gasteiger partial charge in [0.1, 0.15) is 11.5 Å². The third kappa shape index (κ3) is 4.77. The maximum absolute atomic E-state index is 13.8. The fraction of sp³-hybridized carbons (Fsp3) is 0.269. The van der Waals surface area contributed by atoms with E-state index < -0.39 is 22.5 Å². The second-order valence-electron chi connectivity index (χ2n) is 8.21. The van der Waals surface area contributed by atoms with Gasteiger partial charge >= 0.3 is 5.97 Å². The van der Waals surface area contributed by atoms with Crippen molar-refractivity contribution in [3.63, 3.8) is 0 Å². The van der Waals surface area contributed by atoms with Gasteiger partial charge in [-0.25, -0.2) is 9.79 Å². The molecule has 10 nitrogen and oxygen atoms in total. The number of esters is 1. The van der Waals surface area contributed by atoms with Crippen molar-refractivity contribution in [1.82, 2.24) is 4.57 Å². The predicted molar refractivity (Wildman–Crippen MR) is 138 cm³/mol. The lowest BCUT2D eigenvalue weighted by molar-refractivity contribution is -0.385. The Labute approximate surface area is 215 Å². The Bertz CT molecular complexity index is 1620. The molecule has 2 heterocycles. The Kier molecular flexibility index (Phi) is 7.25. The summed E-state index contributed by atoms with van der Waals surface area (Å²) in [6.07, 6.45) is 1.67. The van der Waals surface area contributed by atoms with Crippen molar-refractivity contribution < 1.29 is 23.9 Å². The molecule has 37 heavy (non-hydrogen) atoms. The van der Waals surface area contributed by atoms with Crippen LogP contribution in [0.15, 0.2) is 57.5 Å². The molecule has 0 radical (unpaired) electrons. The number of methoxy groups -OCH3 is 2. The number of carbonyl (C=O) groups excluding carboxylic acids is 1. The second-order valence-corrected chi connectivity index (χ2v) is 9.22. The van der Waals surface area contributed by atoms with E-state index in [4.69, 9.17) is 14.2 Å². The molecule has 1 aliphatic heterocycles. The van der Waals surface area contributed by atoms with Crippen molar-refractivity contribution in [3.8, 4) is 11.5 Å². The van der Waals surface area contributed by atoms with Gasteiger partial charge < -0.3 is 14.2 Å². The van der Waals surface area contributed by atoms with Crippen LogP contribution in [0.25, 0.3) is 6.08 Å². The number of ether oxygens (including phenoxy) is 3. The Balaban J connectivity index is 2.00. The fourth-order valence-corrected chi connectivity index (χ4v) is 5.23. The van der Waals surface area contributed by atoms with Gasteiger partial charge in [0.05, 0.1) is 47.6 Å². The average molecular weight is 524 g/mol. The summed E-state index contributed by atoms with van der Waals surface area (Å²) in [4.78, 5) is 42.9. The summed E-state index contributed by atoms with van der Waals surface area (Å²) >= 11 is 1.14. The van der Waals surface area contributed by atoms with Crippen LogP contribution < -0.4 is 24.4 Å². The third-order valence-electron chi connectivity index (χ3n) is 5.99. The van der Waals surface area contributed by atoms with E-state index in [9.17, 15) is 19.7 Å². The van der Waals surface area contributed by atoms with E-state index in [2.05, 4.69) is 4.99 Å². The Hall–Kier alpha value is -4.25. The monoisotopic (exact) mass is 523 g/mol. The predicted octanol–water partition coefficient (Wildman–Crippen LogP) is 3.03. The van der Waals surface area contributed by atoms with Crippen LogP contribution in [0.4, 0.5) is 5.69 Å². The molecular weight excluding hydrogens is 498 g/mol. The highest BCUT2D eigenvalue weighted by Crippen LogP contribution is 2.33. The van der Waals surface area contributed by atoms with Crippen molar-refractivity contribution in [2.24, 2.45) is 4.99 Å². The topological polar surface area (TPSA) is 122 Å². The number of aromatic nitrogens is 1. The summed E-state index contributed by atoms with van der Waals surface area (Å²) in [6.45, 7) is 5.08. The zero-order valence-electron chi connectivity index (χ0n) is 20.9. The maximum Gasteiger partial charge on any atom is 0.338 e. The Morgan fingerprint density at radius 3 is 2.59 bits per heavy atom. The molecule has 0 amide bonds. The zero-order valence-corrected chi connectivity index (χ0v) is 21.8. The van der Waals surface area contributed by atoms with Crippen molar-refractivity contribution in [3.05, 3.63) is 94.2 Å². The minimum Gasteiger partial charge on any atom is -0.497 e. The highest BCUT2D eigenvalue weighted by Gasteiger charge is 2.34. The number of allylic oxidation sites excluding steroid dienone is 1. The van der Waals surface area contributed by atoms with Gasteiger partial charge in [-0.2, -0.15) is 0 Å². The molecule has 2 aromatic carbocycles. The molecule has 0 N–H and O–H groups in total. The first-order valence-electron chi connectivity index (χ1n) is 11.4. The molecule has 3 aromatic rings. The first-order chi connectivity index (χ1) is 17.7. The summed E-state index contributed by atoms with van der Waals surface area (Å²) < 4.78 is 17.8. The molecule has 0 fully saturated rings. The van der Waals surface area contributed by atoms with Crippen molar-refractivity contribution >= 4 is 29.1 Å². The highest BCUT2D eigenvalue weighted by atomic mass is 32.1. The number of rotatable bonds is 7. The summed E-state index contributed by atoms with van der Waals surface area (Å²) in [7, 11) is 3.07. The maximum atomic E-state index is 13.8. The SMILES string of the molecule is CCOC(=O)C1=C(C)N=c2s/c(=C/c3cc(OC)ccc3OC)c(=O)n2[C@H]1c1ccc(C)c([N+](=O)[O-])c1. The van der Waals surface area contributed by atoms with Crippen LogP contribution in [0.2, 0.25) is 0 Å². The Morgan fingerprint density at radius 2 is 1.95 bits per heavy atom. The molecule has 1 atom stereocenters. The molecule has 4 rings (SSSR count). The van der Waals surface area contributed by atoms with Crippen LogP contribution in [0.1, 0.15) is 36.6 Å². The number of nitro groups is 1. The number of nitro benzene ring substituents is 1. The molecule has 11 heteroatoms. The average Bonchev–Trinajstić information content (AvgIpc) is 3.17. The lowest BCUT2D eigenvalue weighted by Crippen LogP contribution is -2.40. The Morgan fingerprint density at radius 1 is 1.19 bits per heavy atom. The van der Waals surface area contributed by atoms with E-state index >= 15 is 0 Å². The number of hydrogen-bond donors (Lipinski definition) is 0. The van der Waals surface area contributed by atoms with Crippen LogP contribution in [0.5, 0.6) is 11.5 Å². The van der Waals surface area contributed by atoms with Crippen LogP contribution in [0.3, 0.4) is 0 Å². The van der Waals surface area contributed by atoms with Gasteiger partial charge in [0, 0.05) is 17.2 Å². The normalized spacial score (nSPS) is 15.2. The molecule has 1 aromatic heterocycles. The first-order valence-corrected chi connectivity index (χ1v) is 12.2. The van der Waals surface area contributed by atoms with Gasteiger partial charge in [0.15, 0.2) is 4.80 Å². The molecular formula is C26H25N3O7S. The van der Waals surface area contributed by atoms with Gasteiger partial charge in [-0.3, -0.25) is 19.5 Å². The minimum absolute atomic E-state index is 0.112. The number of carbonyl (C=O) groups is 1. The van der Waals surface area contributed by atoms with E-state index in [1.807, 2.05) is 0 Å². The molecule has 0 saturated heterocycles. The van der Waals surface area contributed by atoms with E-state index in [1.165, 1.54) is 17.7 Å². The molecule has 0 bridgehead atoms. The third-order valence-corrected chi connectivity index (χ3v) is 6.97. The number of fused-ring (bicyclic) bond motifs is 1. The van der Waals surface area contributed by atoms with E-state index in [-0.39, 0.29) is 17.9 Å². The first kappa shape index (κ1) is 25.8. The molecule has 0 aliphatic carbocycles. The van der Waals surface area contributed by atoms with Crippen LogP contribution in [-0.4, -0.2) is 36.3 Å². The van der Waals surface area contributed by atoms with Gasteiger partial charge in [-0.05, 0) is 50.6 Å². The van der Waals surface area contributed by atoms with Crippen molar-refractivity contribution in [2.45, 2.75) is 26.8 Å². The van der Waals surface area contributed by atoms with Crippen LogP contribution in [-0.2, 0) is 9.53 Å². The van der Waals surface area contributed by atoms with Gasteiger partial charge in [-0.15, -0.1) is 0 Å². The lowest BCUT2D eigenvalue weighted by atomic mass is 9.94. The second kappa shape index (κ2) is 10.4. The summed E-state index contributed by atoms with van der Waals surface area (Å²) in [5, 5.41) is 11.7. The quantitative estimate of drug-likeness (QED) is 0.265. The van der Waals surface area contributed by atoms with Gasteiger partial charge in [0.2, 0.25) is 0 Å². The van der Waals surface area contributed by atoms with Gasteiger partial charge in [-0.1, -0.05) is 23.5 Å². The minimum atomic E-state index is -0.955. The van der Waals surface area contributed by atoms with E-state index in [1.54, 1.807) is 64.3 Å². The summed E-state index contributed by atoms with van der Waals surface area (Å²) in [5.41, 5.74) is 1.49. The number of nitrogens with zero attached hydrogens (tertiary/aromatic N) is 3. The lowest BCUT2D eigenvalue weighted by Gasteiger charge is -2.24. The molecule has 0 unspecified atom stereocenters. The summed E-state index contributed by atoms with van der Waals surface area (Å²) in [6, 6.07) is 8.93. The molecule has 1 aliphatic rings.